The molecular weight excluding hydrogens is 372 g/mol. The van der Waals surface area contributed by atoms with E-state index in [4.69, 9.17) is 11.6 Å². The monoisotopic (exact) mass is 392 g/mol. The van der Waals surface area contributed by atoms with Crippen LogP contribution in [0.2, 0.25) is 5.02 Å². The number of carbonyl (C=O) groups excluding carboxylic acids is 1. The van der Waals surface area contributed by atoms with Crippen molar-refractivity contribution in [1.29, 1.82) is 0 Å². The van der Waals surface area contributed by atoms with Crippen LogP contribution in [-0.4, -0.2) is 24.1 Å². The van der Waals surface area contributed by atoms with Crippen LogP contribution in [0.25, 0.3) is 0 Å². The highest BCUT2D eigenvalue weighted by atomic mass is 35.5. The van der Waals surface area contributed by atoms with Crippen molar-refractivity contribution in [3.63, 3.8) is 0 Å². The minimum absolute atomic E-state index is 0.132. The molecule has 0 bridgehead atoms. The van der Waals surface area contributed by atoms with Crippen LogP contribution < -0.4 is 5.32 Å². The highest BCUT2D eigenvalue weighted by molar-refractivity contribution is 7.93. The van der Waals surface area contributed by atoms with Crippen LogP contribution in [0.1, 0.15) is 44.2 Å². The first-order chi connectivity index (χ1) is 12.4. The molecule has 1 N–H and O–H groups in total. The van der Waals surface area contributed by atoms with Crippen molar-refractivity contribution in [3.05, 3.63) is 59.4 Å². The van der Waals surface area contributed by atoms with Crippen molar-refractivity contribution >= 4 is 27.3 Å². The minimum Gasteiger partial charge on any atom is -0.348 e. The quantitative estimate of drug-likeness (QED) is 0.841. The molecule has 5 nitrogen and oxygen atoms in total. The summed E-state index contributed by atoms with van der Waals surface area (Å²) < 4.78 is 25.2. The molecule has 1 heterocycles. The molecule has 0 radical (unpaired) electrons. The second-order valence-corrected chi connectivity index (χ2v) is 9.34. The van der Waals surface area contributed by atoms with Crippen molar-refractivity contribution in [2.24, 2.45) is 0 Å². The maximum absolute atomic E-state index is 13.3. The Morgan fingerprint density at radius 3 is 2.42 bits per heavy atom. The van der Waals surface area contributed by atoms with Gasteiger partial charge in [-0.1, -0.05) is 30.5 Å². The van der Waals surface area contributed by atoms with Crippen LogP contribution in [0.4, 0.5) is 0 Å². The summed E-state index contributed by atoms with van der Waals surface area (Å²) in [4.78, 5) is 17.3. The lowest BCUT2D eigenvalue weighted by atomic mass is 10.0. The average molecular weight is 393 g/mol. The van der Waals surface area contributed by atoms with Crippen molar-refractivity contribution in [2.75, 3.05) is 0 Å². The summed E-state index contributed by atoms with van der Waals surface area (Å²) in [7, 11) is -3.83. The normalized spacial score (nSPS) is 17.6. The van der Waals surface area contributed by atoms with Crippen LogP contribution in [0.15, 0.2) is 53.7 Å². The lowest BCUT2D eigenvalue weighted by molar-refractivity contribution is -0.124. The molecule has 0 aliphatic heterocycles. The van der Waals surface area contributed by atoms with Crippen LogP contribution in [0.3, 0.4) is 0 Å². The van der Waals surface area contributed by atoms with Crippen molar-refractivity contribution < 1.29 is 13.2 Å². The van der Waals surface area contributed by atoms with E-state index in [1.165, 1.54) is 24.3 Å². The summed E-state index contributed by atoms with van der Waals surface area (Å²) in [6.45, 7) is 1.83. The fraction of sp³-hybridized carbons (Fsp3) is 0.368. The number of halogens is 1. The number of pyridine rings is 1. The summed E-state index contributed by atoms with van der Waals surface area (Å²) in [6.07, 6.45) is 5.39. The van der Waals surface area contributed by atoms with E-state index in [0.717, 1.165) is 5.56 Å². The zero-order chi connectivity index (χ0) is 18.8. The number of nitrogens with zero attached hydrogens (tertiary/aromatic N) is 1. The van der Waals surface area contributed by atoms with Crippen molar-refractivity contribution in [1.82, 2.24) is 10.3 Å². The summed E-state index contributed by atoms with van der Waals surface area (Å²) in [5, 5.41) is 3.34. The van der Waals surface area contributed by atoms with Crippen LogP contribution in [0.5, 0.6) is 0 Å². The number of hydrogen-bond donors (Lipinski definition) is 1. The smallest absolute Gasteiger partial charge is 0.242 e. The van der Waals surface area contributed by atoms with Crippen LogP contribution in [-0.2, 0) is 14.6 Å². The fourth-order valence-electron chi connectivity index (χ4n) is 3.45. The Balaban J connectivity index is 1.92. The van der Waals surface area contributed by atoms with Gasteiger partial charge in [0.05, 0.1) is 10.9 Å². The van der Waals surface area contributed by atoms with E-state index in [1.807, 2.05) is 13.0 Å². The molecule has 1 aliphatic carbocycles. The molecule has 0 saturated heterocycles. The van der Waals surface area contributed by atoms with E-state index < -0.39 is 20.5 Å². The predicted octanol–water partition coefficient (Wildman–Crippen LogP) is 3.70. The van der Waals surface area contributed by atoms with Crippen molar-refractivity contribution in [3.8, 4) is 0 Å². The molecule has 138 valence electrons. The molecule has 26 heavy (non-hydrogen) atoms. The Labute approximate surface area is 158 Å². The summed E-state index contributed by atoms with van der Waals surface area (Å²) in [5.74, 6) is -0.443. The van der Waals surface area contributed by atoms with Gasteiger partial charge >= 0.3 is 0 Å². The molecular formula is C19H21ClN2O3S. The molecule has 0 spiro atoms. The molecule has 1 atom stereocenters. The van der Waals surface area contributed by atoms with Gasteiger partial charge in [-0.25, -0.2) is 8.42 Å². The Kier molecular flexibility index (Phi) is 5.34. The van der Waals surface area contributed by atoms with Crippen LogP contribution >= 0.6 is 11.6 Å². The standard InChI is InChI=1S/C19H21ClN2O3S/c1-14(15-5-4-12-21-13-15)22-18(23)19(10-2-3-11-19)26(24,25)17-8-6-16(20)7-9-17/h4-9,12-14H,2-3,10-11H2,1H3,(H,22,23). The SMILES string of the molecule is CC(NC(=O)C1(S(=O)(=O)c2ccc(Cl)cc2)CCCC1)c1cccnc1. The second kappa shape index (κ2) is 7.37. The Hall–Kier alpha value is -1.92. The molecule has 3 rings (SSSR count). The number of sulfone groups is 1. The Morgan fingerprint density at radius 1 is 1.19 bits per heavy atom. The van der Waals surface area contributed by atoms with Gasteiger partial charge in [-0.05, 0) is 55.7 Å². The van der Waals surface area contributed by atoms with Crippen LogP contribution in [0, 0.1) is 0 Å². The van der Waals surface area contributed by atoms with E-state index in [-0.39, 0.29) is 10.9 Å². The van der Waals surface area contributed by atoms with E-state index in [9.17, 15) is 13.2 Å². The number of rotatable bonds is 5. The molecule has 1 fully saturated rings. The topological polar surface area (TPSA) is 76.1 Å². The average Bonchev–Trinajstić information content (AvgIpc) is 3.14. The van der Waals surface area contributed by atoms with Gasteiger partial charge in [-0.3, -0.25) is 9.78 Å². The maximum atomic E-state index is 13.3. The zero-order valence-corrected chi connectivity index (χ0v) is 16.1. The number of amides is 1. The molecule has 1 aromatic heterocycles. The first kappa shape index (κ1) is 18.9. The number of carbonyl (C=O) groups is 1. The minimum atomic E-state index is -3.83. The zero-order valence-electron chi connectivity index (χ0n) is 14.5. The summed E-state index contributed by atoms with van der Waals surface area (Å²) in [5.41, 5.74) is 0.831. The lowest BCUT2D eigenvalue weighted by Crippen LogP contribution is -2.51. The second-order valence-electron chi connectivity index (χ2n) is 6.64. The fourth-order valence-corrected chi connectivity index (χ4v) is 5.65. The molecule has 1 aromatic carbocycles. The van der Waals surface area contributed by atoms with E-state index in [1.54, 1.807) is 18.5 Å². The largest absolute Gasteiger partial charge is 0.348 e. The Morgan fingerprint density at radius 2 is 1.85 bits per heavy atom. The van der Waals surface area contributed by atoms with E-state index >= 15 is 0 Å². The molecule has 1 unspecified atom stereocenters. The molecule has 2 aromatic rings. The Bertz CT molecular complexity index is 877. The number of aromatic nitrogens is 1. The van der Waals surface area contributed by atoms with Gasteiger partial charge < -0.3 is 5.32 Å². The van der Waals surface area contributed by atoms with Gasteiger partial charge in [0.15, 0.2) is 14.6 Å². The van der Waals surface area contributed by atoms with Gasteiger partial charge in [-0.15, -0.1) is 0 Å². The predicted molar refractivity (Wildman–Crippen MR) is 101 cm³/mol. The van der Waals surface area contributed by atoms with E-state index in [0.29, 0.717) is 30.7 Å². The van der Waals surface area contributed by atoms with Crippen molar-refractivity contribution in [2.45, 2.75) is 48.3 Å². The molecule has 1 saturated carbocycles. The molecule has 1 aliphatic rings. The maximum Gasteiger partial charge on any atom is 0.242 e. The highest BCUT2D eigenvalue weighted by Gasteiger charge is 2.53. The summed E-state index contributed by atoms with van der Waals surface area (Å²) in [6, 6.07) is 9.32. The van der Waals surface area contributed by atoms with E-state index in [2.05, 4.69) is 10.3 Å². The van der Waals surface area contributed by atoms with Gasteiger partial charge in [0.1, 0.15) is 0 Å². The molecule has 7 heteroatoms. The number of hydrogen-bond acceptors (Lipinski definition) is 4. The van der Waals surface area contributed by atoms with Gasteiger partial charge in [0, 0.05) is 17.4 Å². The third-order valence-corrected chi connectivity index (χ3v) is 7.76. The number of nitrogens with one attached hydrogen (secondary N) is 1. The molecule has 1 amide bonds. The third kappa shape index (κ3) is 3.35. The third-order valence-electron chi connectivity index (χ3n) is 5.00. The highest BCUT2D eigenvalue weighted by Crippen LogP contribution is 2.41. The number of benzene rings is 1. The first-order valence-electron chi connectivity index (χ1n) is 8.58. The summed E-state index contributed by atoms with van der Waals surface area (Å²) >= 11 is 5.88. The van der Waals surface area contributed by atoms with Gasteiger partial charge in [-0.2, -0.15) is 0 Å². The lowest BCUT2D eigenvalue weighted by Gasteiger charge is -2.29. The van der Waals surface area contributed by atoms with Gasteiger partial charge in [0.2, 0.25) is 5.91 Å². The first-order valence-corrected chi connectivity index (χ1v) is 10.4. The van der Waals surface area contributed by atoms with Gasteiger partial charge in [0.25, 0.3) is 0 Å².